The molecule has 0 aliphatic rings. The van der Waals surface area contributed by atoms with Crippen molar-refractivity contribution in [2.45, 2.75) is 40.5 Å². The summed E-state index contributed by atoms with van der Waals surface area (Å²) in [6.45, 7) is 7.57. The lowest BCUT2D eigenvalue weighted by Crippen LogP contribution is -2.21. The number of aryl methyl sites for hydroxylation is 2. The number of carbonyl (C=O) groups is 2. The molecule has 0 atom stereocenters. The van der Waals surface area contributed by atoms with Crippen molar-refractivity contribution in [2.75, 3.05) is 5.32 Å². The fourth-order valence-electron chi connectivity index (χ4n) is 1.50. The Kier molecular flexibility index (Phi) is 5.90. The van der Waals surface area contributed by atoms with Crippen LogP contribution in [0, 0.1) is 13.8 Å². The maximum absolute atomic E-state index is 11.7. The average molecular weight is 275 g/mol. The highest BCUT2D eigenvalue weighted by atomic mass is 16.2. The standard InChI is InChI=1S/C15H21N3O2/c1-10(2)17-18-15(20)8-7-14(19)16-13-6-5-11(3)12(4)9-13/h5-6,9H,7-8H2,1-4H3,(H,16,19)(H,18,20). The number of hydrazone groups is 1. The van der Waals surface area contributed by atoms with Crippen LogP contribution in [-0.2, 0) is 9.59 Å². The highest BCUT2D eigenvalue weighted by Gasteiger charge is 2.07. The van der Waals surface area contributed by atoms with E-state index in [1.54, 1.807) is 13.8 Å². The van der Waals surface area contributed by atoms with Crippen LogP contribution in [0.1, 0.15) is 37.8 Å². The number of hydrogen-bond acceptors (Lipinski definition) is 3. The Balaban J connectivity index is 2.42. The van der Waals surface area contributed by atoms with E-state index in [9.17, 15) is 9.59 Å². The molecule has 108 valence electrons. The number of carbonyl (C=O) groups excluding carboxylic acids is 2. The lowest BCUT2D eigenvalue weighted by molar-refractivity contribution is -0.124. The van der Waals surface area contributed by atoms with Gasteiger partial charge >= 0.3 is 0 Å². The van der Waals surface area contributed by atoms with Gasteiger partial charge in [-0.2, -0.15) is 5.10 Å². The van der Waals surface area contributed by atoms with Crippen molar-refractivity contribution < 1.29 is 9.59 Å². The summed E-state index contributed by atoms with van der Waals surface area (Å²) in [4.78, 5) is 23.1. The summed E-state index contributed by atoms with van der Waals surface area (Å²) in [7, 11) is 0. The largest absolute Gasteiger partial charge is 0.326 e. The first kappa shape index (κ1) is 15.9. The Morgan fingerprint density at radius 2 is 1.70 bits per heavy atom. The molecule has 0 aliphatic carbocycles. The van der Waals surface area contributed by atoms with E-state index in [4.69, 9.17) is 0 Å². The molecule has 1 aromatic carbocycles. The molecular weight excluding hydrogens is 254 g/mol. The van der Waals surface area contributed by atoms with E-state index in [0.29, 0.717) is 0 Å². The molecule has 0 aromatic heterocycles. The second-order valence-corrected chi connectivity index (χ2v) is 4.94. The first-order valence-electron chi connectivity index (χ1n) is 6.55. The van der Waals surface area contributed by atoms with E-state index in [0.717, 1.165) is 17.0 Å². The van der Waals surface area contributed by atoms with Crippen LogP contribution in [0.25, 0.3) is 0 Å². The molecule has 2 amide bonds. The zero-order valence-corrected chi connectivity index (χ0v) is 12.4. The van der Waals surface area contributed by atoms with Crippen LogP contribution >= 0.6 is 0 Å². The fourth-order valence-corrected chi connectivity index (χ4v) is 1.50. The summed E-state index contributed by atoms with van der Waals surface area (Å²) in [5, 5.41) is 6.57. The van der Waals surface area contributed by atoms with Crippen LogP contribution in [0.5, 0.6) is 0 Å². The van der Waals surface area contributed by atoms with Crippen LogP contribution in [0.3, 0.4) is 0 Å². The molecule has 1 rings (SSSR count). The normalized spacial score (nSPS) is 9.80. The van der Waals surface area contributed by atoms with Gasteiger partial charge < -0.3 is 5.32 Å². The minimum Gasteiger partial charge on any atom is -0.326 e. The van der Waals surface area contributed by atoms with E-state index < -0.39 is 0 Å². The monoisotopic (exact) mass is 275 g/mol. The van der Waals surface area contributed by atoms with Gasteiger partial charge in [0, 0.05) is 24.2 Å². The van der Waals surface area contributed by atoms with Crippen molar-refractivity contribution in [3.8, 4) is 0 Å². The predicted octanol–water partition coefficient (Wildman–Crippen LogP) is 2.53. The summed E-state index contributed by atoms with van der Waals surface area (Å²) in [5.74, 6) is -0.443. The van der Waals surface area contributed by atoms with Crippen LogP contribution in [0.2, 0.25) is 0 Å². The second-order valence-electron chi connectivity index (χ2n) is 4.94. The highest BCUT2D eigenvalue weighted by molar-refractivity contribution is 5.93. The molecule has 0 saturated carbocycles. The van der Waals surface area contributed by atoms with Crippen LogP contribution < -0.4 is 10.7 Å². The van der Waals surface area contributed by atoms with Gasteiger partial charge in [0.05, 0.1) is 0 Å². The molecule has 0 heterocycles. The first-order valence-corrected chi connectivity index (χ1v) is 6.55. The molecule has 2 N–H and O–H groups in total. The lowest BCUT2D eigenvalue weighted by Gasteiger charge is -2.07. The smallest absolute Gasteiger partial charge is 0.240 e. The Morgan fingerprint density at radius 1 is 1.05 bits per heavy atom. The molecule has 0 radical (unpaired) electrons. The molecule has 5 heteroatoms. The third kappa shape index (κ3) is 5.65. The predicted molar refractivity (Wildman–Crippen MR) is 80.7 cm³/mol. The van der Waals surface area contributed by atoms with Gasteiger partial charge in [0.1, 0.15) is 0 Å². The van der Waals surface area contributed by atoms with Crippen molar-refractivity contribution in [3.05, 3.63) is 29.3 Å². The summed E-state index contributed by atoms with van der Waals surface area (Å²) >= 11 is 0. The average Bonchev–Trinajstić information content (AvgIpc) is 2.38. The number of nitrogens with one attached hydrogen (secondary N) is 2. The highest BCUT2D eigenvalue weighted by Crippen LogP contribution is 2.14. The summed E-state index contributed by atoms with van der Waals surface area (Å²) in [5.41, 5.74) is 6.19. The molecule has 0 bridgehead atoms. The number of rotatable bonds is 5. The number of benzene rings is 1. The quantitative estimate of drug-likeness (QED) is 0.640. The summed E-state index contributed by atoms with van der Waals surface area (Å²) < 4.78 is 0. The number of nitrogens with zero attached hydrogens (tertiary/aromatic N) is 1. The maximum Gasteiger partial charge on any atom is 0.240 e. The third-order valence-electron chi connectivity index (χ3n) is 2.77. The molecule has 0 saturated heterocycles. The minimum atomic E-state index is -0.263. The molecular formula is C15H21N3O2. The summed E-state index contributed by atoms with van der Waals surface area (Å²) in [6.07, 6.45) is 0.254. The zero-order valence-electron chi connectivity index (χ0n) is 12.4. The maximum atomic E-state index is 11.7. The van der Waals surface area contributed by atoms with Crippen molar-refractivity contribution in [1.29, 1.82) is 0 Å². The van der Waals surface area contributed by atoms with Crippen molar-refractivity contribution >= 4 is 23.2 Å². The van der Waals surface area contributed by atoms with Gasteiger partial charge in [-0.15, -0.1) is 0 Å². The molecule has 0 fully saturated rings. The van der Waals surface area contributed by atoms with Crippen LogP contribution in [-0.4, -0.2) is 17.5 Å². The third-order valence-corrected chi connectivity index (χ3v) is 2.77. The van der Waals surface area contributed by atoms with E-state index in [1.165, 1.54) is 5.56 Å². The molecule has 0 unspecified atom stereocenters. The van der Waals surface area contributed by atoms with E-state index >= 15 is 0 Å². The molecule has 1 aromatic rings. The van der Waals surface area contributed by atoms with Gasteiger partial charge in [0.25, 0.3) is 0 Å². The van der Waals surface area contributed by atoms with Gasteiger partial charge in [0.15, 0.2) is 0 Å². The Bertz CT molecular complexity index is 532. The van der Waals surface area contributed by atoms with Gasteiger partial charge in [-0.05, 0) is 51.0 Å². The topological polar surface area (TPSA) is 70.6 Å². The molecule has 0 aliphatic heterocycles. The number of amides is 2. The van der Waals surface area contributed by atoms with Crippen LogP contribution in [0.15, 0.2) is 23.3 Å². The fraction of sp³-hybridized carbons (Fsp3) is 0.400. The Hall–Kier alpha value is -2.17. The summed E-state index contributed by atoms with van der Waals surface area (Å²) in [6, 6.07) is 5.72. The van der Waals surface area contributed by atoms with Crippen LogP contribution in [0.4, 0.5) is 5.69 Å². The minimum absolute atomic E-state index is 0.119. The second kappa shape index (κ2) is 7.43. The number of hydrogen-bond donors (Lipinski definition) is 2. The SMILES string of the molecule is CC(C)=NNC(=O)CCC(=O)Nc1ccc(C)c(C)c1. The van der Waals surface area contributed by atoms with Gasteiger partial charge in [-0.3, -0.25) is 9.59 Å². The van der Waals surface area contributed by atoms with E-state index in [2.05, 4.69) is 15.8 Å². The number of anilines is 1. The lowest BCUT2D eigenvalue weighted by atomic mass is 10.1. The Labute approximate surface area is 119 Å². The molecule has 20 heavy (non-hydrogen) atoms. The van der Waals surface area contributed by atoms with Gasteiger partial charge in [-0.1, -0.05) is 6.07 Å². The Morgan fingerprint density at radius 3 is 2.30 bits per heavy atom. The molecule has 0 spiro atoms. The van der Waals surface area contributed by atoms with Gasteiger partial charge in [-0.25, -0.2) is 5.43 Å². The van der Waals surface area contributed by atoms with Crippen molar-refractivity contribution in [2.24, 2.45) is 5.10 Å². The van der Waals surface area contributed by atoms with Crippen molar-refractivity contribution in [1.82, 2.24) is 5.43 Å². The molecule has 5 nitrogen and oxygen atoms in total. The zero-order chi connectivity index (χ0) is 15.1. The first-order chi connectivity index (χ1) is 9.38. The van der Waals surface area contributed by atoms with E-state index in [-0.39, 0.29) is 24.7 Å². The van der Waals surface area contributed by atoms with E-state index in [1.807, 2.05) is 32.0 Å². The van der Waals surface area contributed by atoms with Crippen molar-refractivity contribution in [3.63, 3.8) is 0 Å². The van der Waals surface area contributed by atoms with Gasteiger partial charge in [0.2, 0.25) is 11.8 Å².